The van der Waals surface area contributed by atoms with Gasteiger partial charge in [0.2, 0.25) is 0 Å². The summed E-state index contributed by atoms with van der Waals surface area (Å²) in [6, 6.07) is 4.59. The number of hydrogen-bond acceptors (Lipinski definition) is 8. The lowest BCUT2D eigenvalue weighted by Crippen LogP contribution is -2.20. The maximum absolute atomic E-state index is 12.4. The third-order valence-corrected chi connectivity index (χ3v) is 5.52. The van der Waals surface area contributed by atoms with E-state index in [0.29, 0.717) is 33.6 Å². The van der Waals surface area contributed by atoms with E-state index in [4.69, 9.17) is 14.2 Å². The summed E-state index contributed by atoms with van der Waals surface area (Å²) in [6.45, 7) is 5.05. The zero-order chi connectivity index (χ0) is 21.1. The highest BCUT2D eigenvalue weighted by Gasteiger charge is 2.19. The summed E-state index contributed by atoms with van der Waals surface area (Å²) in [6.07, 6.45) is -0.0751. The zero-order valence-corrected chi connectivity index (χ0v) is 17.2. The molecule has 3 rings (SSSR count). The van der Waals surface area contributed by atoms with Gasteiger partial charge in [-0.05, 0) is 44.5 Å². The van der Waals surface area contributed by atoms with Crippen LogP contribution in [0.15, 0.2) is 23.0 Å². The Morgan fingerprint density at radius 1 is 1.31 bits per heavy atom. The molecule has 3 aromatic rings. The highest BCUT2D eigenvalue weighted by molar-refractivity contribution is 7.18. The molecule has 2 heterocycles. The van der Waals surface area contributed by atoms with Crippen LogP contribution < -0.4 is 15.0 Å². The number of aryl methyl sites for hydroxylation is 2. The van der Waals surface area contributed by atoms with Crippen LogP contribution in [-0.4, -0.2) is 35.9 Å². The van der Waals surface area contributed by atoms with Crippen molar-refractivity contribution in [2.45, 2.75) is 26.9 Å². The van der Waals surface area contributed by atoms with Crippen molar-refractivity contribution in [2.24, 2.45) is 0 Å². The molecule has 0 fully saturated rings. The third-order valence-electron chi connectivity index (χ3n) is 4.42. The lowest BCUT2D eigenvalue weighted by Gasteiger charge is -2.14. The van der Waals surface area contributed by atoms with E-state index >= 15 is 0 Å². The summed E-state index contributed by atoms with van der Waals surface area (Å²) >= 11 is 1.42. The number of carbonyl (C=O) groups excluding carboxylic acids is 2. The van der Waals surface area contributed by atoms with Gasteiger partial charge in [-0.2, -0.15) is 0 Å². The first kappa shape index (κ1) is 20.5. The highest BCUT2D eigenvalue weighted by atomic mass is 32.1. The van der Waals surface area contributed by atoms with E-state index in [1.54, 1.807) is 13.0 Å². The first-order chi connectivity index (χ1) is 13.8. The van der Waals surface area contributed by atoms with Crippen molar-refractivity contribution in [1.82, 2.24) is 9.97 Å². The first-order valence-electron chi connectivity index (χ1n) is 8.79. The van der Waals surface area contributed by atoms with Crippen molar-refractivity contribution in [3.63, 3.8) is 0 Å². The number of aromatic amines is 1. The number of thiophene rings is 1. The predicted octanol–water partition coefficient (Wildman–Crippen LogP) is 3.11. The second-order valence-corrected chi connectivity index (χ2v) is 7.57. The summed E-state index contributed by atoms with van der Waals surface area (Å²) in [4.78, 5) is 44.1. The van der Waals surface area contributed by atoms with Crippen molar-refractivity contribution in [3.05, 3.63) is 50.4 Å². The standard InChI is InChI=1S/C20H20N2O6S/c1-10-12(3)29-20-17(10)19(25)21-18(22-20)11(2)28-16(24)9-27-14-6-5-13(8-23)7-15(14)26-4/h5-8,11H,9H2,1-4H3,(H,21,22,25)/t11-/m1/s1. The van der Waals surface area contributed by atoms with Crippen LogP contribution in [0.4, 0.5) is 0 Å². The van der Waals surface area contributed by atoms with Gasteiger partial charge in [-0.1, -0.05) is 0 Å². The maximum atomic E-state index is 12.4. The number of aromatic nitrogens is 2. The smallest absolute Gasteiger partial charge is 0.344 e. The second kappa shape index (κ2) is 8.44. The Balaban J connectivity index is 1.69. The number of ether oxygens (including phenoxy) is 3. The minimum absolute atomic E-state index is 0.258. The topological polar surface area (TPSA) is 108 Å². The van der Waals surface area contributed by atoms with Crippen molar-refractivity contribution in [1.29, 1.82) is 0 Å². The Morgan fingerprint density at radius 2 is 2.07 bits per heavy atom. The average molecular weight is 416 g/mol. The lowest BCUT2D eigenvalue weighted by molar-refractivity contribution is -0.151. The van der Waals surface area contributed by atoms with E-state index in [-0.39, 0.29) is 18.0 Å². The Bertz CT molecular complexity index is 1130. The first-order valence-corrected chi connectivity index (χ1v) is 9.61. The molecule has 0 aliphatic rings. The Hall–Kier alpha value is -3.20. The summed E-state index contributed by atoms with van der Waals surface area (Å²) in [5.41, 5.74) is 1.07. The number of rotatable bonds is 7. The zero-order valence-electron chi connectivity index (χ0n) is 16.4. The molecule has 152 valence electrons. The van der Waals surface area contributed by atoms with Crippen molar-refractivity contribution >= 4 is 33.8 Å². The fourth-order valence-corrected chi connectivity index (χ4v) is 3.80. The van der Waals surface area contributed by atoms with Gasteiger partial charge in [0.1, 0.15) is 11.1 Å². The van der Waals surface area contributed by atoms with E-state index in [1.165, 1.54) is 30.6 Å². The number of benzene rings is 1. The number of H-pyrrole nitrogens is 1. The van der Waals surface area contributed by atoms with Crippen LogP contribution in [0.3, 0.4) is 0 Å². The van der Waals surface area contributed by atoms with Crippen LogP contribution in [0.5, 0.6) is 11.5 Å². The maximum Gasteiger partial charge on any atom is 0.344 e. The molecule has 0 bridgehead atoms. The number of nitrogens with one attached hydrogen (secondary N) is 1. The molecule has 0 amide bonds. The van der Waals surface area contributed by atoms with Crippen LogP contribution in [0.25, 0.3) is 10.2 Å². The molecule has 0 aliphatic carbocycles. The quantitative estimate of drug-likeness (QED) is 0.466. The molecule has 0 unspecified atom stereocenters. The number of esters is 1. The molecule has 0 aliphatic heterocycles. The molecule has 0 saturated heterocycles. The van der Waals surface area contributed by atoms with Crippen LogP contribution in [-0.2, 0) is 9.53 Å². The Labute approximate surface area is 170 Å². The van der Waals surface area contributed by atoms with Gasteiger partial charge >= 0.3 is 5.97 Å². The van der Waals surface area contributed by atoms with Crippen molar-refractivity contribution in [2.75, 3.05) is 13.7 Å². The average Bonchev–Trinajstić information content (AvgIpc) is 3.00. The fourth-order valence-electron chi connectivity index (χ4n) is 2.76. The SMILES string of the molecule is COc1cc(C=O)ccc1OCC(=O)O[C@H](C)c1nc2sc(C)c(C)c2c(=O)[nH]1. The molecular weight excluding hydrogens is 396 g/mol. The monoisotopic (exact) mass is 416 g/mol. The summed E-state index contributed by atoms with van der Waals surface area (Å²) < 4.78 is 15.9. The van der Waals surface area contributed by atoms with Gasteiger partial charge in [0.25, 0.3) is 5.56 Å². The van der Waals surface area contributed by atoms with Gasteiger partial charge in [-0.25, -0.2) is 9.78 Å². The van der Waals surface area contributed by atoms with Crippen molar-refractivity contribution < 1.29 is 23.8 Å². The Kier molecular flexibility index (Phi) is 5.97. The molecular formula is C20H20N2O6S. The molecule has 0 saturated carbocycles. The van der Waals surface area contributed by atoms with Gasteiger partial charge in [-0.15, -0.1) is 11.3 Å². The van der Waals surface area contributed by atoms with E-state index < -0.39 is 12.1 Å². The molecule has 8 nitrogen and oxygen atoms in total. The van der Waals surface area contributed by atoms with Crippen LogP contribution in [0, 0.1) is 13.8 Å². The lowest BCUT2D eigenvalue weighted by atomic mass is 10.2. The summed E-state index contributed by atoms with van der Waals surface area (Å²) in [5, 5.41) is 0.559. The summed E-state index contributed by atoms with van der Waals surface area (Å²) in [7, 11) is 1.43. The molecule has 1 N–H and O–H groups in total. The number of aldehydes is 1. The third kappa shape index (κ3) is 4.29. The molecule has 0 radical (unpaired) electrons. The number of nitrogens with zero attached hydrogens (tertiary/aromatic N) is 1. The number of carbonyl (C=O) groups is 2. The van der Waals surface area contributed by atoms with Crippen LogP contribution in [0.1, 0.15) is 39.7 Å². The normalized spacial score (nSPS) is 11.9. The number of hydrogen-bond donors (Lipinski definition) is 1. The molecule has 2 aromatic heterocycles. The van der Waals surface area contributed by atoms with Gasteiger partial charge in [-0.3, -0.25) is 9.59 Å². The van der Waals surface area contributed by atoms with Gasteiger partial charge in [0, 0.05) is 10.4 Å². The molecule has 0 spiro atoms. The molecule has 9 heteroatoms. The molecule has 1 atom stereocenters. The van der Waals surface area contributed by atoms with Gasteiger partial charge in [0.15, 0.2) is 30.0 Å². The number of methoxy groups -OCH3 is 1. The molecule has 1 aromatic carbocycles. The highest BCUT2D eigenvalue weighted by Crippen LogP contribution is 2.28. The van der Waals surface area contributed by atoms with E-state index in [9.17, 15) is 14.4 Å². The second-order valence-electron chi connectivity index (χ2n) is 6.36. The largest absolute Gasteiger partial charge is 0.493 e. The minimum Gasteiger partial charge on any atom is -0.493 e. The van der Waals surface area contributed by atoms with Crippen LogP contribution in [0.2, 0.25) is 0 Å². The fraction of sp³-hybridized carbons (Fsp3) is 0.300. The van der Waals surface area contributed by atoms with Gasteiger partial charge in [0.05, 0.1) is 12.5 Å². The minimum atomic E-state index is -0.759. The van der Waals surface area contributed by atoms with Crippen LogP contribution >= 0.6 is 11.3 Å². The van der Waals surface area contributed by atoms with E-state index in [0.717, 1.165) is 10.4 Å². The Morgan fingerprint density at radius 3 is 2.76 bits per heavy atom. The number of fused-ring (bicyclic) bond motifs is 1. The molecule has 29 heavy (non-hydrogen) atoms. The summed E-state index contributed by atoms with van der Waals surface area (Å²) in [5.74, 6) is 0.265. The van der Waals surface area contributed by atoms with Gasteiger partial charge < -0.3 is 19.2 Å². The van der Waals surface area contributed by atoms with Crippen molar-refractivity contribution in [3.8, 4) is 11.5 Å². The van der Waals surface area contributed by atoms with E-state index in [1.807, 2.05) is 13.8 Å². The van der Waals surface area contributed by atoms with E-state index in [2.05, 4.69) is 9.97 Å². The predicted molar refractivity (Wildman–Crippen MR) is 108 cm³/mol.